The average Bonchev–Trinajstić information content (AvgIpc) is 2.98. The first-order valence-electron chi connectivity index (χ1n) is 9.04. The predicted octanol–water partition coefficient (Wildman–Crippen LogP) is 4.29. The van der Waals surface area contributed by atoms with Gasteiger partial charge in [0.2, 0.25) is 11.1 Å². The molecule has 1 N–H and O–H groups in total. The van der Waals surface area contributed by atoms with E-state index in [9.17, 15) is 4.79 Å². The number of rotatable bonds is 5. The van der Waals surface area contributed by atoms with Gasteiger partial charge in [0.15, 0.2) is 0 Å². The fourth-order valence-corrected chi connectivity index (χ4v) is 3.72. The molecule has 1 unspecified atom stereocenters. The SMILES string of the molecule is Cc1cc(C)n2nc(SC(C)C(=O)Nc3c(C)cccc3C(C)C)nc2n1. The van der Waals surface area contributed by atoms with Gasteiger partial charge in [-0.2, -0.15) is 4.98 Å². The van der Waals surface area contributed by atoms with Gasteiger partial charge in [0.25, 0.3) is 5.78 Å². The fraction of sp³-hybridized carbons (Fsp3) is 0.400. The molecule has 0 radical (unpaired) electrons. The highest BCUT2D eigenvalue weighted by atomic mass is 32.2. The zero-order chi connectivity index (χ0) is 19.7. The van der Waals surface area contributed by atoms with Crippen molar-refractivity contribution in [3.63, 3.8) is 0 Å². The molecule has 7 heteroatoms. The summed E-state index contributed by atoms with van der Waals surface area (Å²) in [6.07, 6.45) is 0. The Morgan fingerprint density at radius 2 is 1.89 bits per heavy atom. The number of nitrogens with zero attached hydrogens (tertiary/aromatic N) is 4. The number of aromatic nitrogens is 4. The molecule has 27 heavy (non-hydrogen) atoms. The highest BCUT2D eigenvalue weighted by Gasteiger charge is 2.20. The summed E-state index contributed by atoms with van der Waals surface area (Å²) >= 11 is 1.34. The predicted molar refractivity (Wildman–Crippen MR) is 109 cm³/mol. The van der Waals surface area contributed by atoms with Crippen LogP contribution in [0.4, 0.5) is 5.69 Å². The highest BCUT2D eigenvalue weighted by molar-refractivity contribution is 8.00. The number of anilines is 1. The number of aryl methyl sites for hydroxylation is 3. The van der Waals surface area contributed by atoms with Crippen molar-refractivity contribution in [1.29, 1.82) is 0 Å². The van der Waals surface area contributed by atoms with Crippen molar-refractivity contribution in [3.8, 4) is 0 Å². The second-order valence-corrected chi connectivity index (χ2v) is 8.40. The maximum absolute atomic E-state index is 12.8. The molecule has 3 rings (SSSR count). The van der Waals surface area contributed by atoms with Gasteiger partial charge in [-0.05, 0) is 50.8 Å². The first kappa shape index (κ1) is 19.4. The number of amides is 1. The number of carbonyl (C=O) groups is 1. The van der Waals surface area contributed by atoms with Crippen LogP contribution in [-0.4, -0.2) is 30.7 Å². The van der Waals surface area contributed by atoms with Crippen molar-refractivity contribution in [2.24, 2.45) is 0 Å². The number of carbonyl (C=O) groups excluding carboxylic acids is 1. The zero-order valence-corrected chi connectivity index (χ0v) is 17.4. The van der Waals surface area contributed by atoms with Gasteiger partial charge in [0.1, 0.15) is 0 Å². The molecule has 0 saturated heterocycles. The van der Waals surface area contributed by atoms with E-state index in [1.54, 1.807) is 4.52 Å². The Kier molecular flexibility index (Phi) is 5.51. The van der Waals surface area contributed by atoms with Gasteiger partial charge < -0.3 is 5.32 Å². The van der Waals surface area contributed by atoms with Crippen LogP contribution in [0.3, 0.4) is 0 Å². The van der Waals surface area contributed by atoms with Crippen molar-refractivity contribution < 1.29 is 4.79 Å². The summed E-state index contributed by atoms with van der Waals surface area (Å²) in [7, 11) is 0. The van der Waals surface area contributed by atoms with E-state index in [2.05, 4.69) is 40.3 Å². The standard InChI is InChI=1S/C20H25N5OS/c1-11(2)16-9-7-8-12(3)17(16)22-18(26)15(6)27-20-23-19-21-13(4)10-14(5)25(19)24-20/h7-11,15H,1-6H3,(H,22,26). The van der Waals surface area contributed by atoms with Gasteiger partial charge in [-0.25, -0.2) is 9.50 Å². The van der Waals surface area contributed by atoms with Gasteiger partial charge in [0.05, 0.1) is 5.25 Å². The van der Waals surface area contributed by atoms with E-state index in [1.807, 2.05) is 45.9 Å². The molecule has 2 aromatic heterocycles. The minimum Gasteiger partial charge on any atom is -0.325 e. The molecule has 0 fully saturated rings. The molecule has 6 nitrogen and oxygen atoms in total. The number of benzene rings is 1. The van der Waals surface area contributed by atoms with Crippen LogP contribution in [0, 0.1) is 20.8 Å². The summed E-state index contributed by atoms with van der Waals surface area (Å²) in [5, 5.41) is 7.79. The van der Waals surface area contributed by atoms with E-state index in [4.69, 9.17) is 0 Å². The zero-order valence-electron chi connectivity index (χ0n) is 16.6. The largest absolute Gasteiger partial charge is 0.325 e. The number of para-hydroxylation sites is 1. The summed E-state index contributed by atoms with van der Waals surface area (Å²) in [5.74, 6) is 0.833. The van der Waals surface area contributed by atoms with Crippen molar-refractivity contribution >= 4 is 29.1 Å². The molecule has 3 aromatic rings. The second kappa shape index (κ2) is 7.68. The molecular weight excluding hydrogens is 358 g/mol. The molecule has 2 heterocycles. The minimum absolute atomic E-state index is 0.0593. The first-order chi connectivity index (χ1) is 12.8. The third-order valence-electron chi connectivity index (χ3n) is 4.43. The van der Waals surface area contributed by atoms with Crippen LogP contribution in [0.2, 0.25) is 0 Å². The maximum atomic E-state index is 12.8. The molecule has 0 spiro atoms. The smallest absolute Gasteiger partial charge is 0.253 e. The summed E-state index contributed by atoms with van der Waals surface area (Å²) in [6.45, 7) is 12.0. The monoisotopic (exact) mass is 383 g/mol. The lowest BCUT2D eigenvalue weighted by Gasteiger charge is -2.18. The van der Waals surface area contributed by atoms with Crippen molar-refractivity contribution in [1.82, 2.24) is 19.6 Å². The van der Waals surface area contributed by atoms with Crippen LogP contribution >= 0.6 is 11.8 Å². The Labute approximate surface area is 163 Å². The molecule has 1 aromatic carbocycles. The maximum Gasteiger partial charge on any atom is 0.253 e. The van der Waals surface area contributed by atoms with Crippen LogP contribution < -0.4 is 5.32 Å². The highest BCUT2D eigenvalue weighted by Crippen LogP contribution is 2.29. The van der Waals surface area contributed by atoms with E-state index in [0.29, 0.717) is 16.9 Å². The van der Waals surface area contributed by atoms with Gasteiger partial charge in [-0.3, -0.25) is 4.79 Å². The second-order valence-electron chi connectivity index (χ2n) is 7.09. The van der Waals surface area contributed by atoms with Crippen LogP contribution in [0.15, 0.2) is 29.4 Å². The van der Waals surface area contributed by atoms with Gasteiger partial charge in [-0.1, -0.05) is 43.8 Å². The lowest BCUT2D eigenvalue weighted by Crippen LogP contribution is -2.24. The Bertz CT molecular complexity index is 995. The topological polar surface area (TPSA) is 72.2 Å². The molecular formula is C20H25N5OS. The van der Waals surface area contributed by atoms with Crippen LogP contribution in [0.25, 0.3) is 5.78 Å². The van der Waals surface area contributed by atoms with Gasteiger partial charge >= 0.3 is 0 Å². The van der Waals surface area contributed by atoms with E-state index < -0.39 is 0 Å². The van der Waals surface area contributed by atoms with E-state index in [-0.39, 0.29) is 11.2 Å². The van der Waals surface area contributed by atoms with Crippen LogP contribution in [0.5, 0.6) is 0 Å². The third-order valence-corrected chi connectivity index (χ3v) is 5.38. The van der Waals surface area contributed by atoms with Crippen molar-refractivity contribution in [2.45, 2.75) is 57.9 Å². The lowest BCUT2D eigenvalue weighted by molar-refractivity contribution is -0.115. The summed E-state index contributed by atoms with van der Waals surface area (Å²) in [4.78, 5) is 21.6. The van der Waals surface area contributed by atoms with Crippen molar-refractivity contribution in [2.75, 3.05) is 5.32 Å². The Morgan fingerprint density at radius 1 is 1.15 bits per heavy atom. The van der Waals surface area contributed by atoms with Crippen LogP contribution in [-0.2, 0) is 4.79 Å². The minimum atomic E-state index is -0.330. The van der Waals surface area contributed by atoms with E-state index in [0.717, 1.165) is 28.2 Å². The van der Waals surface area contributed by atoms with Crippen LogP contribution in [0.1, 0.15) is 49.2 Å². The number of hydrogen-bond acceptors (Lipinski definition) is 5. The third kappa shape index (κ3) is 4.13. The Hall–Kier alpha value is -2.41. The molecule has 0 saturated carbocycles. The Balaban J connectivity index is 1.78. The Morgan fingerprint density at radius 3 is 2.59 bits per heavy atom. The lowest BCUT2D eigenvalue weighted by atomic mass is 9.98. The summed E-state index contributed by atoms with van der Waals surface area (Å²) in [5.41, 5.74) is 4.97. The van der Waals surface area contributed by atoms with Crippen molar-refractivity contribution in [3.05, 3.63) is 46.8 Å². The molecule has 0 aliphatic heterocycles. The number of hydrogen-bond donors (Lipinski definition) is 1. The average molecular weight is 384 g/mol. The normalized spacial score (nSPS) is 12.6. The van der Waals surface area contributed by atoms with E-state index in [1.165, 1.54) is 11.8 Å². The number of fused-ring (bicyclic) bond motifs is 1. The molecule has 0 aliphatic rings. The first-order valence-corrected chi connectivity index (χ1v) is 9.92. The molecule has 0 aliphatic carbocycles. The van der Waals surface area contributed by atoms with Gasteiger partial charge in [-0.15, -0.1) is 5.10 Å². The number of thioether (sulfide) groups is 1. The summed E-state index contributed by atoms with van der Waals surface area (Å²) < 4.78 is 1.71. The molecule has 1 atom stereocenters. The molecule has 0 bridgehead atoms. The van der Waals surface area contributed by atoms with Gasteiger partial charge in [0, 0.05) is 17.1 Å². The quantitative estimate of drug-likeness (QED) is 0.665. The fourth-order valence-electron chi connectivity index (χ4n) is 2.98. The molecule has 1 amide bonds. The number of nitrogens with one attached hydrogen (secondary N) is 1. The molecule has 142 valence electrons. The van der Waals surface area contributed by atoms with E-state index >= 15 is 0 Å². The summed E-state index contributed by atoms with van der Waals surface area (Å²) in [6, 6.07) is 8.06.